The fourth-order valence-electron chi connectivity index (χ4n) is 2.02. The number of rotatable bonds is 5. The molecule has 0 radical (unpaired) electrons. The molecular weight excluding hydrogens is 406 g/mol. The Kier molecular flexibility index (Phi) is 5.44. The van der Waals surface area contributed by atoms with Crippen LogP contribution < -0.4 is 14.2 Å². The maximum Gasteiger partial charge on any atom is 0.265 e. The minimum Gasteiger partial charge on any atom is -0.495 e. The van der Waals surface area contributed by atoms with Crippen LogP contribution in [-0.4, -0.2) is 22.6 Å². The maximum atomic E-state index is 12.7. The second kappa shape index (κ2) is 6.98. The van der Waals surface area contributed by atoms with Crippen molar-refractivity contribution in [1.82, 2.24) is 0 Å². The van der Waals surface area contributed by atoms with Gasteiger partial charge in [-0.15, -0.1) is 0 Å². The third kappa shape index (κ3) is 3.91. The van der Waals surface area contributed by atoms with E-state index in [1.807, 2.05) is 6.92 Å². The molecule has 0 saturated carbocycles. The van der Waals surface area contributed by atoms with Crippen molar-refractivity contribution in [2.24, 2.45) is 0 Å². The Bertz CT molecular complexity index is 840. The minimum absolute atomic E-state index is 0.0676. The average molecular weight is 421 g/mol. The molecule has 0 bridgehead atoms. The lowest BCUT2D eigenvalue weighted by molar-refractivity contribution is 0.400. The number of hydrogen-bond acceptors (Lipinski definition) is 4. The number of methoxy groups -OCH3 is 2. The summed E-state index contributed by atoms with van der Waals surface area (Å²) in [4.78, 5) is -0.0676. The van der Waals surface area contributed by atoms with Gasteiger partial charge in [0.25, 0.3) is 10.0 Å². The van der Waals surface area contributed by atoms with Crippen LogP contribution in [0, 0.1) is 6.92 Å². The van der Waals surface area contributed by atoms with E-state index in [1.165, 1.54) is 20.3 Å². The molecule has 8 heteroatoms. The molecule has 0 aliphatic rings. The van der Waals surface area contributed by atoms with Gasteiger partial charge in [-0.05, 0) is 52.7 Å². The monoisotopic (exact) mass is 419 g/mol. The van der Waals surface area contributed by atoms with E-state index < -0.39 is 10.0 Å². The normalized spacial score (nSPS) is 11.2. The van der Waals surface area contributed by atoms with Crippen molar-refractivity contribution in [3.05, 3.63) is 45.4 Å². The van der Waals surface area contributed by atoms with Crippen molar-refractivity contribution in [3.8, 4) is 11.5 Å². The van der Waals surface area contributed by atoms with Gasteiger partial charge in [-0.2, -0.15) is 0 Å². The van der Waals surface area contributed by atoms with Gasteiger partial charge >= 0.3 is 0 Å². The maximum absolute atomic E-state index is 12.7. The van der Waals surface area contributed by atoms with Gasteiger partial charge in [0.1, 0.15) is 10.6 Å². The first-order chi connectivity index (χ1) is 10.8. The fraction of sp³-hybridized carbons (Fsp3) is 0.200. The van der Waals surface area contributed by atoms with Gasteiger partial charge in [0.05, 0.1) is 24.4 Å². The zero-order valence-corrected chi connectivity index (χ0v) is 15.8. The van der Waals surface area contributed by atoms with Crippen molar-refractivity contribution in [1.29, 1.82) is 0 Å². The molecule has 0 aromatic heterocycles. The zero-order valence-electron chi connectivity index (χ0n) is 12.7. The highest BCUT2D eigenvalue weighted by Gasteiger charge is 2.23. The van der Waals surface area contributed by atoms with Crippen molar-refractivity contribution >= 4 is 43.2 Å². The third-order valence-electron chi connectivity index (χ3n) is 3.07. The molecule has 0 aliphatic heterocycles. The van der Waals surface area contributed by atoms with E-state index in [0.717, 1.165) is 5.56 Å². The van der Waals surface area contributed by atoms with E-state index in [0.29, 0.717) is 15.9 Å². The van der Waals surface area contributed by atoms with Gasteiger partial charge in [-0.3, -0.25) is 4.72 Å². The lowest BCUT2D eigenvalue weighted by Gasteiger charge is -2.15. The summed E-state index contributed by atoms with van der Waals surface area (Å²) in [5, 5.41) is 0.272. The second-order valence-electron chi connectivity index (χ2n) is 4.73. The van der Waals surface area contributed by atoms with Crippen LogP contribution >= 0.6 is 27.5 Å². The number of sulfonamides is 1. The summed E-state index contributed by atoms with van der Waals surface area (Å²) in [6.45, 7) is 1.89. The van der Waals surface area contributed by atoms with Crippen molar-refractivity contribution in [3.63, 3.8) is 0 Å². The number of ether oxygens (including phenoxy) is 2. The molecule has 0 atom stereocenters. The van der Waals surface area contributed by atoms with E-state index in [1.54, 1.807) is 24.3 Å². The Morgan fingerprint density at radius 3 is 2.43 bits per heavy atom. The first-order valence-corrected chi connectivity index (χ1v) is 9.14. The van der Waals surface area contributed by atoms with Crippen LogP contribution in [0.2, 0.25) is 5.02 Å². The summed E-state index contributed by atoms with van der Waals surface area (Å²) in [6, 6.07) is 8.05. The molecule has 124 valence electrons. The van der Waals surface area contributed by atoms with E-state index in [2.05, 4.69) is 20.7 Å². The Morgan fingerprint density at radius 1 is 1.13 bits per heavy atom. The summed E-state index contributed by atoms with van der Waals surface area (Å²) >= 11 is 9.21. The van der Waals surface area contributed by atoms with Crippen LogP contribution in [0.25, 0.3) is 0 Å². The molecule has 0 fully saturated rings. The Hall–Kier alpha value is -1.44. The largest absolute Gasteiger partial charge is 0.495 e. The number of nitrogens with one attached hydrogen (secondary N) is 1. The molecule has 2 aromatic carbocycles. The van der Waals surface area contributed by atoms with Crippen LogP contribution in [-0.2, 0) is 10.0 Å². The van der Waals surface area contributed by atoms with Crippen LogP contribution in [0.4, 0.5) is 5.69 Å². The average Bonchev–Trinajstić information content (AvgIpc) is 2.48. The topological polar surface area (TPSA) is 64.6 Å². The van der Waals surface area contributed by atoms with Crippen LogP contribution in [0.3, 0.4) is 0 Å². The van der Waals surface area contributed by atoms with Gasteiger partial charge in [0.15, 0.2) is 5.75 Å². The van der Waals surface area contributed by atoms with E-state index in [9.17, 15) is 8.42 Å². The number of anilines is 1. The molecule has 0 spiro atoms. The summed E-state index contributed by atoms with van der Waals surface area (Å²) in [7, 11) is -1.05. The first kappa shape index (κ1) is 17.9. The highest BCUT2D eigenvalue weighted by Crippen LogP contribution is 2.37. The number of benzene rings is 2. The predicted octanol–water partition coefficient (Wildman–Crippen LogP) is 4.23. The Labute approximate surface area is 148 Å². The number of aryl methyl sites for hydroxylation is 1. The predicted molar refractivity (Wildman–Crippen MR) is 94.2 cm³/mol. The van der Waals surface area contributed by atoms with Gasteiger partial charge < -0.3 is 9.47 Å². The lowest BCUT2D eigenvalue weighted by atomic mass is 10.2. The quantitative estimate of drug-likeness (QED) is 0.786. The number of hydrogen-bond donors (Lipinski definition) is 1. The molecule has 23 heavy (non-hydrogen) atoms. The second-order valence-corrected chi connectivity index (χ2v) is 7.67. The van der Waals surface area contributed by atoms with Crippen molar-refractivity contribution in [2.75, 3.05) is 18.9 Å². The molecule has 5 nitrogen and oxygen atoms in total. The van der Waals surface area contributed by atoms with Gasteiger partial charge in [-0.1, -0.05) is 17.7 Å². The molecule has 0 saturated heterocycles. The highest BCUT2D eigenvalue weighted by molar-refractivity contribution is 9.10. The molecule has 0 amide bonds. The van der Waals surface area contributed by atoms with Gasteiger partial charge in [0.2, 0.25) is 0 Å². The lowest BCUT2D eigenvalue weighted by Crippen LogP contribution is -2.15. The molecular formula is C15H15BrClNO4S. The van der Waals surface area contributed by atoms with Crippen LogP contribution in [0.1, 0.15) is 5.56 Å². The van der Waals surface area contributed by atoms with Crippen LogP contribution in [0.15, 0.2) is 39.7 Å². The van der Waals surface area contributed by atoms with Crippen molar-refractivity contribution < 1.29 is 17.9 Å². The minimum atomic E-state index is -3.92. The molecule has 0 aliphatic carbocycles. The molecule has 2 rings (SSSR count). The molecule has 0 unspecified atom stereocenters. The summed E-state index contributed by atoms with van der Waals surface area (Å²) in [5.74, 6) is 0.599. The van der Waals surface area contributed by atoms with E-state index in [-0.39, 0.29) is 15.7 Å². The first-order valence-electron chi connectivity index (χ1n) is 6.49. The Balaban J connectivity index is 2.52. The molecule has 0 heterocycles. The van der Waals surface area contributed by atoms with Crippen molar-refractivity contribution in [2.45, 2.75) is 11.8 Å². The summed E-state index contributed by atoms with van der Waals surface area (Å²) in [5.41, 5.74) is 1.28. The summed E-state index contributed by atoms with van der Waals surface area (Å²) < 4.78 is 38.8. The fourth-order valence-corrected chi connectivity index (χ4v) is 4.47. The smallest absolute Gasteiger partial charge is 0.265 e. The van der Waals surface area contributed by atoms with E-state index >= 15 is 0 Å². The molecule has 2 aromatic rings. The molecule has 1 N–H and O–H groups in total. The highest BCUT2D eigenvalue weighted by atomic mass is 79.9. The van der Waals surface area contributed by atoms with Crippen LogP contribution in [0.5, 0.6) is 11.5 Å². The summed E-state index contributed by atoms with van der Waals surface area (Å²) in [6.07, 6.45) is 0. The third-order valence-corrected chi connectivity index (χ3v) is 5.25. The zero-order chi connectivity index (χ0) is 17.2. The Morgan fingerprint density at radius 2 is 1.83 bits per heavy atom. The SMILES string of the molecule is COc1cc(C)ccc1NS(=O)(=O)c1cc(Cl)cc(Br)c1OC. The standard InChI is InChI=1S/C15H15BrClNO4S/c1-9-4-5-12(13(6-9)21-2)18-23(19,20)14-8-10(17)7-11(16)15(14)22-3/h4-8,18H,1-3H3. The van der Waals surface area contributed by atoms with Gasteiger partial charge in [0, 0.05) is 5.02 Å². The number of halogens is 2. The van der Waals surface area contributed by atoms with Gasteiger partial charge in [-0.25, -0.2) is 8.42 Å². The van der Waals surface area contributed by atoms with E-state index in [4.69, 9.17) is 21.1 Å².